The van der Waals surface area contributed by atoms with Gasteiger partial charge in [0.15, 0.2) is 12.0 Å². The molecule has 1 aliphatic carbocycles. The van der Waals surface area contributed by atoms with E-state index in [1.165, 1.54) is 4.90 Å². The first-order chi connectivity index (χ1) is 27.6. The lowest BCUT2D eigenvalue weighted by Gasteiger charge is -2.34. The molecule has 3 aliphatic heterocycles. The smallest absolute Gasteiger partial charge is 0.407 e. The monoisotopic (exact) mass is 774 g/mol. The summed E-state index contributed by atoms with van der Waals surface area (Å²) in [5.74, 6) is 3.67. The third kappa shape index (κ3) is 6.68. The average molecular weight is 775 g/mol. The number of aromatic nitrogens is 4. The molecule has 0 spiro atoms. The molecule has 57 heavy (non-hydrogen) atoms. The highest BCUT2D eigenvalue weighted by atomic mass is 19.1. The molecule has 2 aromatic heterocycles. The SMILES string of the molecule is C#Cc1ccc(COc2c(-c3c(C)c(F)cc4c3cnn4C3CCCCO3)c(C3CC3)cc3c(N4C[C@@H]5C[C@H]4CN5C(=O)O)nc(O[C@H](C)[C@@H](C)OC)nc23)cc1. The zero-order valence-corrected chi connectivity index (χ0v) is 32.7. The number of halogens is 1. The standard InChI is InChI=1S/C44H47FN6O6/c1-6-27-10-12-28(13-11-27)23-56-41-39(38-24(2)35(45)19-36-34(38)20-46-51(36)37-9-7-8-16-55-37)32(29-14-15-29)18-33-40(41)47-43(57-26(4)25(3)54-5)48-42(33)49-21-31-17-30(49)22-50(31)44(52)53/h1,10-13,18-20,25-26,29-31,37H,7-9,14-17,21-23H2,2-5H3,(H,52,53)/t25-,26-,30+,31+,37?/m1/s1. The van der Waals surface area contributed by atoms with Gasteiger partial charge in [-0.1, -0.05) is 18.1 Å². The maximum atomic E-state index is 16.4. The van der Waals surface area contributed by atoms with Gasteiger partial charge in [0.25, 0.3) is 0 Å². The number of piperazine rings is 1. The number of hydrogen-bond donors (Lipinski definition) is 1. The fraction of sp³-hybridized carbons (Fsp3) is 0.455. The minimum atomic E-state index is -0.914. The van der Waals surface area contributed by atoms with E-state index in [0.29, 0.717) is 59.8 Å². The van der Waals surface area contributed by atoms with Gasteiger partial charge in [0.1, 0.15) is 29.9 Å². The van der Waals surface area contributed by atoms with Crippen LogP contribution in [-0.2, 0) is 16.1 Å². The molecule has 1 amide bonds. The molecule has 3 saturated heterocycles. The molecule has 1 N–H and O–H groups in total. The number of rotatable bonds is 11. The van der Waals surface area contributed by atoms with Gasteiger partial charge in [0.2, 0.25) is 0 Å². The number of fused-ring (bicyclic) bond motifs is 4. The fourth-order valence-electron chi connectivity index (χ4n) is 8.80. The van der Waals surface area contributed by atoms with E-state index >= 15 is 4.39 Å². The summed E-state index contributed by atoms with van der Waals surface area (Å²) in [6.07, 6.45) is 11.0. The number of terminal acetylenes is 1. The molecule has 4 aliphatic rings. The Bertz CT molecular complexity index is 2400. The van der Waals surface area contributed by atoms with Crippen molar-refractivity contribution in [2.75, 3.05) is 31.7 Å². The predicted octanol–water partition coefficient (Wildman–Crippen LogP) is 7.97. The lowest BCUT2D eigenvalue weighted by molar-refractivity contribution is -0.0366. The number of hydrogen-bond acceptors (Lipinski definition) is 9. The van der Waals surface area contributed by atoms with E-state index in [-0.39, 0.29) is 48.8 Å². The number of carbonyl (C=O) groups is 1. The van der Waals surface area contributed by atoms with Crippen molar-refractivity contribution >= 4 is 33.7 Å². The Labute approximate surface area is 330 Å². The molecule has 9 rings (SSSR count). The van der Waals surface area contributed by atoms with Gasteiger partial charge in [0, 0.05) is 60.3 Å². The van der Waals surface area contributed by atoms with Gasteiger partial charge in [-0.25, -0.2) is 13.9 Å². The Hall–Kier alpha value is -5.45. The van der Waals surface area contributed by atoms with Crippen LogP contribution in [0.1, 0.15) is 86.8 Å². The summed E-state index contributed by atoms with van der Waals surface area (Å²) in [5, 5.41) is 16.3. The molecule has 2 bridgehead atoms. The van der Waals surface area contributed by atoms with Crippen molar-refractivity contribution in [2.45, 2.75) is 102 Å². The number of amides is 1. The molecular weight excluding hydrogens is 728 g/mol. The fourth-order valence-corrected chi connectivity index (χ4v) is 8.80. The van der Waals surface area contributed by atoms with E-state index in [2.05, 4.69) is 16.9 Å². The Balaban J connectivity index is 1.30. The first-order valence-corrected chi connectivity index (χ1v) is 19.9. The molecule has 296 valence electrons. The summed E-state index contributed by atoms with van der Waals surface area (Å²) in [6.45, 7) is 7.31. The summed E-state index contributed by atoms with van der Waals surface area (Å²) in [5.41, 5.74) is 5.81. The molecule has 12 nitrogen and oxygen atoms in total. The molecule has 1 saturated carbocycles. The minimum absolute atomic E-state index is 0.0756. The second kappa shape index (κ2) is 14.8. The first-order valence-electron chi connectivity index (χ1n) is 19.9. The van der Waals surface area contributed by atoms with Gasteiger partial charge in [-0.05, 0) is 100 Å². The van der Waals surface area contributed by atoms with Crippen LogP contribution < -0.4 is 14.4 Å². The Morgan fingerprint density at radius 3 is 2.53 bits per heavy atom. The molecule has 5 aromatic rings. The van der Waals surface area contributed by atoms with Crippen LogP contribution in [0.15, 0.2) is 42.6 Å². The van der Waals surface area contributed by atoms with E-state index in [9.17, 15) is 9.90 Å². The van der Waals surface area contributed by atoms with Crippen molar-refractivity contribution < 1.29 is 33.2 Å². The van der Waals surface area contributed by atoms with E-state index < -0.39 is 12.2 Å². The summed E-state index contributed by atoms with van der Waals surface area (Å²) in [4.78, 5) is 26.0. The average Bonchev–Trinajstić information content (AvgIpc) is 3.66. The highest BCUT2D eigenvalue weighted by Crippen LogP contribution is 2.54. The van der Waals surface area contributed by atoms with Crippen LogP contribution in [0.2, 0.25) is 0 Å². The van der Waals surface area contributed by atoms with Crippen molar-refractivity contribution in [1.82, 2.24) is 24.6 Å². The Morgan fingerprint density at radius 2 is 1.86 bits per heavy atom. The summed E-state index contributed by atoms with van der Waals surface area (Å²) in [6, 6.07) is 11.3. The normalized spacial score (nSPS) is 21.6. The van der Waals surface area contributed by atoms with Crippen LogP contribution in [0.3, 0.4) is 0 Å². The van der Waals surface area contributed by atoms with Crippen molar-refractivity contribution in [1.29, 1.82) is 0 Å². The van der Waals surface area contributed by atoms with Crippen LogP contribution in [-0.4, -0.2) is 86.9 Å². The number of carboxylic acid groups (broad SMARTS) is 1. The van der Waals surface area contributed by atoms with Crippen molar-refractivity contribution in [3.63, 3.8) is 0 Å². The molecule has 0 radical (unpaired) electrons. The van der Waals surface area contributed by atoms with E-state index in [0.717, 1.165) is 65.1 Å². The molecule has 3 aromatic carbocycles. The van der Waals surface area contributed by atoms with Gasteiger partial charge >= 0.3 is 12.1 Å². The third-order valence-electron chi connectivity index (χ3n) is 12.3. The van der Waals surface area contributed by atoms with Gasteiger partial charge < -0.3 is 33.9 Å². The number of anilines is 1. The highest BCUT2D eigenvalue weighted by Gasteiger charge is 2.47. The minimum Gasteiger partial charge on any atom is -0.486 e. The van der Waals surface area contributed by atoms with Crippen molar-refractivity contribution in [3.8, 4) is 35.2 Å². The molecule has 13 heteroatoms. The molecule has 5 atom stereocenters. The molecular formula is C44H47FN6O6. The Morgan fingerprint density at radius 1 is 1.05 bits per heavy atom. The third-order valence-corrected chi connectivity index (χ3v) is 12.3. The first kappa shape index (κ1) is 37.1. The van der Waals surface area contributed by atoms with Crippen molar-refractivity contribution in [3.05, 3.63) is 70.7 Å². The maximum absolute atomic E-state index is 16.4. The van der Waals surface area contributed by atoms with Gasteiger partial charge in [0.05, 0.1) is 29.9 Å². The summed E-state index contributed by atoms with van der Waals surface area (Å²) >= 11 is 0. The number of nitrogens with zero attached hydrogens (tertiary/aromatic N) is 6. The number of likely N-dealkylation sites (tertiary alicyclic amines) is 1. The van der Waals surface area contributed by atoms with Crippen molar-refractivity contribution in [2.24, 2.45) is 0 Å². The predicted molar refractivity (Wildman–Crippen MR) is 213 cm³/mol. The van der Waals surface area contributed by atoms with E-state index in [1.807, 2.05) is 55.9 Å². The van der Waals surface area contributed by atoms with Crippen LogP contribution in [0, 0.1) is 25.1 Å². The Kier molecular flexibility index (Phi) is 9.65. The van der Waals surface area contributed by atoms with Crippen LogP contribution in [0.5, 0.6) is 11.8 Å². The second-order valence-corrected chi connectivity index (χ2v) is 15.9. The van der Waals surface area contributed by atoms with Crippen LogP contribution in [0.4, 0.5) is 15.0 Å². The number of methoxy groups -OCH3 is 1. The largest absolute Gasteiger partial charge is 0.486 e. The second-order valence-electron chi connectivity index (χ2n) is 15.9. The zero-order chi connectivity index (χ0) is 39.5. The number of ether oxygens (including phenoxy) is 4. The number of benzene rings is 3. The van der Waals surface area contributed by atoms with E-state index in [4.69, 9.17) is 40.4 Å². The van der Waals surface area contributed by atoms with Gasteiger partial charge in [-0.15, -0.1) is 6.42 Å². The van der Waals surface area contributed by atoms with Crippen LogP contribution >= 0.6 is 0 Å². The molecule has 1 unspecified atom stereocenters. The maximum Gasteiger partial charge on any atom is 0.407 e. The molecule has 5 heterocycles. The topological polar surface area (TPSA) is 124 Å². The lowest BCUT2D eigenvalue weighted by atomic mass is 9.88. The van der Waals surface area contributed by atoms with Gasteiger partial charge in [-0.2, -0.15) is 15.1 Å². The molecule has 4 fully saturated rings. The summed E-state index contributed by atoms with van der Waals surface area (Å²) in [7, 11) is 1.63. The highest BCUT2D eigenvalue weighted by molar-refractivity contribution is 6.06. The quantitative estimate of drug-likeness (QED) is 0.132. The van der Waals surface area contributed by atoms with Crippen LogP contribution in [0.25, 0.3) is 32.9 Å². The van der Waals surface area contributed by atoms with E-state index in [1.54, 1.807) is 13.2 Å². The summed E-state index contributed by atoms with van der Waals surface area (Å²) < 4.78 is 43.4. The lowest BCUT2D eigenvalue weighted by Crippen LogP contribution is -2.48. The van der Waals surface area contributed by atoms with Gasteiger partial charge in [-0.3, -0.25) is 0 Å². The zero-order valence-electron chi connectivity index (χ0n) is 32.7.